The topological polar surface area (TPSA) is 81.3 Å². The highest BCUT2D eigenvalue weighted by Gasteiger charge is 2.21. The molecule has 0 aliphatic heterocycles. The molecule has 2 aromatic heterocycles. The molecule has 0 radical (unpaired) electrons. The van der Waals surface area contributed by atoms with Gasteiger partial charge in [-0.25, -0.2) is 0 Å². The number of carbonyl (C=O) groups excluding carboxylic acids is 1. The van der Waals surface area contributed by atoms with E-state index >= 15 is 0 Å². The Morgan fingerprint density at radius 2 is 1.83 bits per heavy atom. The van der Waals surface area contributed by atoms with Crippen LogP contribution < -0.4 is 10.9 Å². The number of hydrogen-bond donors (Lipinski definition) is 1. The number of nitrogens with zero attached hydrogens (tertiary/aromatic N) is 4. The first-order valence-electron chi connectivity index (χ1n) is 9.49. The van der Waals surface area contributed by atoms with Crippen LogP contribution in [-0.2, 0) is 11.3 Å². The molecule has 4 rings (SSSR count). The number of rotatable bonds is 6. The Balaban J connectivity index is 1.73. The standard InChI is InChI=1S/C21H21N5O2S/c1-3-13-25-19(28)16-11-7-8-12-17(16)26-20(25)23-24-21(26)29-14(2)18(27)22-15-9-5-4-6-10-15/h4-12,14H,3,13H2,1-2H3,(H,22,27). The summed E-state index contributed by atoms with van der Waals surface area (Å²) in [6.07, 6.45) is 0.805. The number of benzene rings is 2. The largest absolute Gasteiger partial charge is 0.325 e. The zero-order valence-corrected chi connectivity index (χ0v) is 17.0. The molecule has 29 heavy (non-hydrogen) atoms. The van der Waals surface area contributed by atoms with E-state index in [9.17, 15) is 9.59 Å². The maximum absolute atomic E-state index is 12.9. The zero-order valence-electron chi connectivity index (χ0n) is 16.2. The lowest BCUT2D eigenvalue weighted by Gasteiger charge is -2.13. The highest BCUT2D eigenvalue weighted by molar-refractivity contribution is 8.00. The Kier molecular flexibility index (Phi) is 5.35. The highest BCUT2D eigenvalue weighted by Crippen LogP contribution is 2.26. The first-order valence-corrected chi connectivity index (χ1v) is 10.4. The normalized spacial score (nSPS) is 12.3. The summed E-state index contributed by atoms with van der Waals surface area (Å²) in [4.78, 5) is 25.5. The number of hydrogen-bond acceptors (Lipinski definition) is 5. The number of nitrogens with one attached hydrogen (secondary N) is 1. The van der Waals surface area contributed by atoms with E-state index in [1.807, 2.05) is 72.8 Å². The molecule has 0 saturated heterocycles. The minimum Gasteiger partial charge on any atom is -0.325 e. The lowest BCUT2D eigenvalue weighted by molar-refractivity contribution is -0.115. The van der Waals surface area contributed by atoms with Crippen molar-refractivity contribution >= 4 is 40.0 Å². The van der Waals surface area contributed by atoms with Crippen molar-refractivity contribution in [2.45, 2.75) is 37.2 Å². The van der Waals surface area contributed by atoms with Crippen molar-refractivity contribution in [1.29, 1.82) is 0 Å². The molecule has 0 aliphatic carbocycles. The molecule has 0 bridgehead atoms. The summed E-state index contributed by atoms with van der Waals surface area (Å²) in [5.74, 6) is 0.373. The molecule has 1 atom stereocenters. The average molecular weight is 407 g/mol. The van der Waals surface area contributed by atoms with Gasteiger partial charge in [-0.3, -0.25) is 18.6 Å². The van der Waals surface area contributed by atoms with Crippen LogP contribution in [0.1, 0.15) is 20.3 Å². The number of carbonyl (C=O) groups is 1. The van der Waals surface area contributed by atoms with Crippen LogP contribution in [0.15, 0.2) is 64.5 Å². The monoisotopic (exact) mass is 407 g/mol. The number of thioether (sulfide) groups is 1. The Hall–Kier alpha value is -3.13. The van der Waals surface area contributed by atoms with Crippen LogP contribution >= 0.6 is 11.8 Å². The van der Waals surface area contributed by atoms with Gasteiger partial charge < -0.3 is 5.32 Å². The van der Waals surface area contributed by atoms with Crippen LogP contribution in [-0.4, -0.2) is 30.3 Å². The van der Waals surface area contributed by atoms with Crippen molar-refractivity contribution in [2.24, 2.45) is 0 Å². The van der Waals surface area contributed by atoms with Crippen LogP contribution in [0, 0.1) is 0 Å². The molecule has 8 heteroatoms. The van der Waals surface area contributed by atoms with Gasteiger partial charge >= 0.3 is 0 Å². The SMILES string of the molecule is CCCn1c(=O)c2ccccc2n2c(SC(C)C(=O)Nc3ccccc3)nnc12. The van der Waals surface area contributed by atoms with E-state index in [1.54, 1.807) is 4.57 Å². The molecular formula is C21H21N5O2S. The number of fused-ring (bicyclic) bond motifs is 3. The quantitative estimate of drug-likeness (QED) is 0.494. The van der Waals surface area contributed by atoms with Crippen molar-refractivity contribution in [2.75, 3.05) is 5.32 Å². The van der Waals surface area contributed by atoms with Gasteiger partial charge in [0.25, 0.3) is 5.56 Å². The van der Waals surface area contributed by atoms with Crippen LogP contribution in [0.4, 0.5) is 5.69 Å². The summed E-state index contributed by atoms with van der Waals surface area (Å²) in [7, 11) is 0. The molecule has 1 amide bonds. The summed E-state index contributed by atoms with van der Waals surface area (Å²) in [5.41, 5.74) is 1.41. The number of para-hydroxylation sites is 2. The molecule has 148 valence electrons. The zero-order chi connectivity index (χ0) is 20.4. The molecule has 1 unspecified atom stereocenters. The van der Waals surface area contributed by atoms with E-state index in [0.29, 0.717) is 22.9 Å². The predicted molar refractivity (Wildman–Crippen MR) is 115 cm³/mol. The van der Waals surface area contributed by atoms with Crippen molar-refractivity contribution in [3.63, 3.8) is 0 Å². The third-order valence-corrected chi connectivity index (χ3v) is 5.66. The molecule has 0 spiro atoms. The van der Waals surface area contributed by atoms with Crippen molar-refractivity contribution in [1.82, 2.24) is 19.2 Å². The van der Waals surface area contributed by atoms with Gasteiger partial charge in [-0.15, -0.1) is 10.2 Å². The summed E-state index contributed by atoms with van der Waals surface area (Å²) in [5, 5.41) is 12.3. The fourth-order valence-corrected chi connectivity index (χ4v) is 4.07. The van der Waals surface area contributed by atoms with Crippen LogP contribution in [0.5, 0.6) is 0 Å². The fraction of sp³-hybridized carbons (Fsp3) is 0.238. The highest BCUT2D eigenvalue weighted by atomic mass is 32.2. The van der Waals surface area contributed by atoms with E-state index in [2.05, 4.69) is 15.5 Å². The Morgan fingerprint density at radius 3 is 2.59 bits per heavy atom. The average Bonchev–Trinajstić information content (AvgIpc) is 3.15. The predicted octanol–water partition coefficient (Wildman–Crippen LogP) is 3.57. The van der Waals surface area contributed by atoms with E-state index in [1.165, 1.54) is 11.8 Å². The Bertz CT molecular complexity index is 1230. The van der Waals surface area contributed by atoms with Crippen molar-refractivity contribution < 1.29 is 4.79 Å². The second-order valence-corrected chi connectivity index (χ2v) is 8.02. The fourth-order valence-electron chi connectivity index (χ4n) is 3.21. The smallest absolute Gasteiger partial charge is 0.262 e. The Labute approximate surface area is 171 Å². The van der Waals surface area contributed by atoms with E-state index < -0.39 is 5.25 Å². The summed E-state index contributed by atoms with van der Waals surface area (Å²) < 4.78 is 3.51. The van der Waals surface area contributed by atoms with Gasteiger partial charge in [-0.2, -0.15) is 0 Å². The van der Waals surface area contributed by atoms with E-state index in [0.717, 1.165) is 17.6 Å². The summed E-state index contributed by atoms with van der Waals surface area (Å²) >= 11 is 1.32. The molecule has 2 aromatic carbocycles. The maximum atomic E-state index is 12.9. The number of aromatic nitrogens is 4. The molecule has 2 heterocycles. The second kappa shape index (κ2) is 8.08. The van der Waals surface area contributed by atoms with Gasteiger partial charge in [-0.1, -0.05) is 49.0 Å². The van der Waals surface area contributed by atoms with Gasteiger partial charge in [0.05, 0.1) is 16.2 Å². The van der Waals surface area contributed by atoms with Gasteiger partial charge in [0, 0.05) is 12.2 Å². The number of aryl methyl sites for hydroxylation is 1. The summed E-state index contributed by atoms with van der Waals surface area (Å²) in [6.45, 7) is 4.40. The first kappa shape index (κ1) is 19.2. The Morgan fingerprint density at radius 1 is 1.10 bits per heavy atom. The molecular weight excluding hydrogens is 386 g/mol. The molecule has 1 N–H and O–H groups in total. The first-order chi connectivity index (χ1) is 14.1. The van der Waals surface area contributed by atoms with Crippen molar-refractivity contribution in [3.8, 4) is 0 Å². The van der Waals surface area contributed by atoms with Gasteiger partial charge in [0.2, 0.25) is 11.7 Å². The summed E-state index contributed by atoms with van der Waals surface area (Å²) in [6, 6.07) is 16.8. The lowest BCUT2D eigenvalue weighted by Crippen LogP contribution is -2.24. The van der Waals surface area contributed by atoms with Crippen molar-refractivity contribution in [3.05, 3.63) is 65.0 Å². The second-order valence-electron chi connectivity index (χ2n) is 6.71. The lowest BCUT2D eigenvalue weighted by atomic mass is 10.2. The van der Waals surface area contributed by atoms with Crippen LogP contribution in [0.2, 0.25) is 0 Å². The maximum Gasteiger partial charge on any atom is 0.262 e. The molecule has 4 aromatic rings. The van der Waals surface area contributed by atoms with Crippen LogP contribution in [0.3, 0.4) is 0 Å². The molecule has 0 saturated carbocycles. The van der Waals surface area contributed by atoms with Gasteiger partial charge in [0.15, 0.2) is 5.16 Å². The van der Waals surface area contributed by atoms with Gasteiger partial charge in [0.1, 0.15) is 0 Å². The van der Waals surface area contributed by atoms with E-state index in [4.69, 9.17) is 0 Å². The number of amides is 1. The third-order valence-electron chi connectivity index (χ3n) is 4.62. The van der Waals surface area contributed by atoms with E-state index in [-0.39, 0.29) is 11.5 Å². The minimum atomic E-state index is -0.395. The molecule has 0 aliphatic rings. The molecule has 7 nitrogen and oxygen atoms in total. The number of anilines is 1. The van der Waals surface area contributed by atoms with Gasteiger partial charge in [-0.05, 0) is 37.6 Å². The molecule has 0 fully saturated rings. The third kappa shape index (κ3) is 3.63. The van der Waals surface area contributed by atoms with Crippen LogP contribution in [0.25, 0.3) is 16.7 Å². The minimum absolute atomic E-state index is 0.0752.